The molecular weight excluding hydrogens is 420 g/mol. The highest BCUT2D eigenvalue weighted by molar-refractivity contribution is 9.10. The average molecular weight is 436 g/mol. The van der Waals surface area contributed by atoms with E-state index in [1.165, 1.54) is 0 Å². The molecule has 1 heterocycles. The van der Waals surface area contributed by atoms with Gasteiger partial charge in [0.25, 0.3) is 0 Å². The minimum atomic E-state index is -1.04. The van der Waals surface area contributed by atoms with Crippen molar-refractivity contribution in [1.29, 1.82) is 0 Å². The lowest BCUT2D eigenvalue weighted by atomic mass is 10.2. The molecule has 26 heavy (non-hydrogen) atoms. The molecule has 0 saturated carbocycles. The number of rotatable bonds is 6. The topological polar surface area (TPSA) is 64.3 Å². The molecule has 0 bridgehead atoms. The van der Waals surface area contributed by atoms with Crippen LogP contribution in [0.25, 0.3) is 0 Å². The lowest BCUT2D eigenvalue weighted by Crippen LogP contribution is -2.08. The van der Waals surface area contributed by atoms with Crippen molar-refractivity contribution in [1.82, 2.24) is 9.78 Å². The zero-order valence-electron chi connectivity index (χ0n) is 13.9. The van der Waals surface area contributed by atoms with Gasteiger partial charge in [-0.05, 0) is 48.9 Å². The van der Waals surface area contributed by atoms with Crippen molar-refractivity contribution in [2.75, 3.05) is 0 Å². The largest absolute Gasteiger partial charge is 0.489 e. The van der Waals surface area contributed by atoms with E-state index in [9.17, 15) is 4.79 Å². The number of hydrogen-bond donors (Lipinski definition) is 1. The second kappa shape index (κ2) is 7.93. The maximum atomic E-state index is 11.1. The summed E-state index contributed by atoms with van der Waals surface area (Å²) in [6.45, 7) is 2.61. The van der Waals surface area contributed by atoms with E-state index >= 15 is 0 Å². The Hall–Kier alpha value is -2.31. The van der Waals surface area contributed by atoms with Gasteiger partial charge in [-0.15, -0.1) is 0 Å². The van der Waals surface area contributed by atoms with Crippen LogP contribution in [0.5, 0.6) is 5.75 Å². The van der Waals surface area contributed by atoms with Crippen LogP contribution in [0.4, 0.5) is 0 Å². The zero-order chi connectivity index (χ0) is 18.7. The Kier molecular flexibility index (Phi) is 5.64. The molecule has 0 spiro atoms. The summed E-state index contributed by atoms with van der Waals surface area (Å²) in [5.41, 5.74) is 2.65. The Balaban J connectivity index is 1.83. The fraction of sp³-hybridized carbons (Fsp3) is 0.158. The van der Waals surface area contributed by atoms with Crippen LogP contribution in [-0.4, -0.2) is 20.9 Å². The molecule has 5 nitrogen and oxygen atoms in total. The summed E-state index contributed by atoms with van der Waals surface area (Å²) in [4.78, 5) is 11.1. The van der Waals surface area contributed by atoms with Crippen LogP contribution in [0, 0.1) is 6.92 Å². The summed E-state index contributed by atoms with van der Waals surface area (Å²) in [6, 6.07) is 14.8. The van der Waals surface area contributed by atoms with Gasteiger partial charge in [-0.3, -0.25) is 4.68 Å². The number of benzene rings is 2. The summed E-state index contributed by atoms with van der Waals surface area (Å²) >= 11 is 9.48. The smallest absolute Gasteiger partial charge is 0.356 e. The second-order valence-electron chi connectivity index (χ2n) is 5.80. The maximum absolute atomic E-state index is 11.1. The van der Waals surface area contributed by atoms with E-state index in [1.54, 1.807) is 10.7 Å². The first-order valence-corrected chi connectivity index (χ1v) is 9.03. The highest BCUT2D eigenvalue weighted by Crippen LogP contribution is 2.26. The minimum absolute atomic E-state index is 0.0268. The standard InChI is InChI=1S/C19H16BrClN2O3/c1-12-7-17(19(24)25)22-23(12)10-14-9-15(20)5-6-18(14)26-11-13-3-2-4-16(21)8-13/h2-9H,10-11H2,1H3,(H,24,25). The number of halogens is 2. The van der Waals surface area contributed by atoms with Crippen molar-refractivity contribution >= 4 is 33.5 Å². The third-order valence-electron chi connectivity index (χ3n) is 3.83. The molecule has 1 N–H and O–H groups in total. The third kappa shape index (κ3) is 4.45. The van der Waals surface area contributed by atoms with E-state index < -0.39 is 5.97 Å². The number of aromatic nitrogens is 2. The van der Waals surface area contributed by atoms with Crippen LogP contribution in [0.1, 0.15) is 27.3 Å². The number of aryl methyl sites for hydroxylation is 1. The molecule has 0 aliphatic rings. The van der Waals surface area contributed by atoms with Crippen LogP contribution >= 0.6 is 27.5 Å². The SMILES string of the molecule is Cc1cc(C(=O)O)nn1Cc1cc(Br)ccc1OCc1cccc(Cl)c1. The van der Waals surface area contributed by atoms with Gasteiger partial charge in [0.2, 0.25) is 0 Å². The highest BCUT2D eigenvalue weighted by Gasteiger charge is 2.13. The van der Waals surface area contributed by atoms with E-state index in [-0.39, 0.29) is 5.69 Å². The van der Waals surface area contributed by atoms with E-state index in [0.29, 0.717) is 23.9 Å². The molecule has 1 aromatic heterocycles. The van der Waals surface area contributed by atoms with Crippen LogP contribution < -0.4 is 4.74 Å². The maximum Gasteiger partial charge on any atom is 0.356 e. The first-order valence-electron chi connectivity index (χ1n) is 7.86. The third-order valence-corrected chi connectivity index (χ3v) is 4.55. The zero-order valence-corrected chi connectivity index (χ0v) is 16.3. The van der Waals surface area contributed by atoms with E-state index in [4.69, 9.17) is 21.4 Å². The van der Waals surface area contributed by atoms with Gasteiger partial charge in [-0.25, -0.2) is 4.79 Å². The van der Waals surface area contributed by atoms with Gasteiger partial charge in [0, 0.05) is 20.8 Å². The van der Waals surface area contributed by atoms with Gasteiger partial charge in [-0.1, -0.05) is 39.7 Å². The molecule has 0 aliphatic carbocycles. The van der Waals surface area contributed by atoms with Gasteiger partial charge in [0.15, 0.2) is 5.69 Å². The van der Waals surface area contributed by atoms with Crippen LogP contribution in [-0.2, 0) is 13.2 Å². The van der Waals surface area contributed by atoms with Gasteiger partial charge < -0.3 is 9.84 Å². The summed E-state index contributed by atoms with van der Waals surface area (Å²) in [6.07, 6.45) is 0. The molecule has 0 radical (unpaired) electrons. The van der Waals surface area contributed by atoms with E-state index in [0.717, 1.165) is 21.3 Å². The fourth-order valence-electron chi connectivity index (χ4n) is 2.54. The molecule has 2 aromatic carbocycles. The number of ether oxygens (including phenoxy) is 1. The molecule has 0 fully saturated rings. The Bertz CT molecular complexity index is 956. The fourth-order valence-corrected chi connectivity index (χ4v) is 3.16. The predicted octanol–water partition coefficient (Wildman–Crippen LogP) is 4.93. The number of hydrogen-bond acceptors (Lipinski definition) is 3. The normalized spacial score (nSPS) is 10.7. The Morgan fingerprint density at radius 3 is 2.77 bits per heavy atom. The van der Waals surface area contributed by atoms with Gasteiger partial charge in [0.1, 0.15) is 12.4 Å². The Morgan fingerprint density at radius 1 is 1.27 bits per heavy atom. The van der Waals surface area contributed by atoms with Gasteiger partial charge >= 0.3 is 5.97 Å². The highest BCUT2D eigenvalue weighted by atomic mass is 79.9. The predicted molar refractivity (Wildman–Crippen MR) is 103 cm³/mol. The molecule has 0 saturated heterocycles. The number of aromatic carboxylic acids is 1. The molecule has 0 unspecified atom stereocenters. The number of carbonyl (C=O) groups is 1. The first-order chi connectivity index (χ1) is 12.4. The molecule has 3 aromatic rings. The van der Waals surface area contributed by atoms with Crippen molar-refractivity contribution in [3.63, 3.8) is 0 Å². The molecule has 134 valence electrons. The van der Waals surface area contributed by atoms with Crippen LogP contribution in [0.2, 0.25) is 5.02 Å². The van der Waals surface area contributed by atoms with Crippen molar-refractivity contribution in [3.8, 4) is 5.75 Å². The molecule has 3 rings (SSSR count). The van der Waals surface area contributed by atoms with Crippen molar-refractivity contribution < 1.29 is 14.6 Å². The number of carboxylic acids is 1. The second-order valence-corrected chi connectivity index (χ2v) is 7.16. The Labute approximate surface area is 164 Å². The van der Waals surface area contributed by atoms with Gasteiger partial charge in [0.05, 0.1) is 6.54 Å². The lowest BCUT2D eigenvalue weighted by Gasteiger charge is -2.13. The average Bonchev–Trinajstić information content (AvgIpc) is 2.95. The summed E-state index contributed by atoms with van der Waals surface area (Å²) < 4.78 is 8.52. The summed E-state index contributed by atoms with van der Waals surface area (Å²) in [7, 11) is 0. The first kappa shape index (κ1) is 18.5. The molecule has 0 amide bonds. The molecule has 0 aliphatic heterocycles. The quantitative estimate of drug-likeness (QED) is 0.596. The lowest BCUT2D eigenvalue weighted by molar-refractivity contribution is 0.0689. The monoisotopic (exact) mass is 434 g/mol. The van der Waals surface area contributed by atoms with Crippen molar-refractivity contribution in [3.05, 3.63) is 80.5 Å². The van der Waals surface area contributed by atoms with E-state index in [2.05, 4.69) is 21.0 Å². The number of nitrogens with zero attached hydrogens (tertiary/aromatic N) is 2. The van der Waals surface area contributed by atoms with Gasteiger partial charge in [-0.2, -0.15) is 5.10 Å². The van der Waals surface area contributed by atoms with Crippen molar-refractivity contribution in [2.24, 2.45) is 0 Å². The Morgan fingerprint density at radius 2 is 2.08 bits per heavy atom. The van der Waals surface area contributed by atoms with Crippen LogP contribution in [0.3, 0.4) is 0 Å². The molecule has 0 atom stereocenters. The number of carboxylic acid groups (broad SMARTS) is 1. The van der Waals surface area contributed by atoms with E-state index in [1.807, 2.05) is 49.4 Å². The van der Waals surface area contributed by atoms with Crippen LogP contribution in [0.15, 0.2) is 53.0 Å². The van der Waals surface area contributed by atoms with Crippen molar-refractivity contribution in [2.45, 2.75) is 20.1 Å². The molecular formula is C19H16BrClN2O3. The summed E-state index contributed by atoms with van der Waals surface area (Å²) in [5.74, 6) is -0.335. The molecule has 7 heteroatoms. The summed E-state index contributed by atoms with van der Waals surface area (Å²) in [5, 5.41) is 13.9. The minimum Gasteiger partial charge on any atom is -0.489 e.